The summed E-state index contributed by atoms with van der Waals surface area (Å²) in [7, 11) is 0. The first-order valence-electron chi connectivity index (χ1n) is 6.19. The highest BCUT2D eigenvalue weighted by atomic mass is 16.3. The molecule has 1 aromatic rings. The van der Waals surface area contributed by atoms with Crippen LogP contribution in [-0.2, 0) is 4.79 Å². The van der Waals surface area contributed by atoms with Crippen LogP contribution in [0.4, 0.5) is 0 Å². The smallest absolute Gasteiger partial charge is 0.140 e. The molecule has 0 saturated heterocycles. The van der Waals surface area contributed by atoms with Crippen molar-refractivity contribution >= 4 is 5.78 Å². The Morgan fingerprint density at radius 3 is 2.50 bits per heavy atom. The minimum Gasteiger partial charge on any atom is -0.384 e. The molecule has 3 atom stereocenters. The number of rotatable bonds is 3. The maximum Gasteiger partial charge on any atom is 0.140 e. The summed E-state index contributed by atoms with van der Waals surface area (Å²) in [5.74, 6) is -0.623. The number of aliphatic hydroxyl groups is 1. The summed E-state index contributed by atoms with van der Waals surface area (Å²) in [6.07, 6.45) is 7.37. The highest BCUT2D eigenvalue weighted by Gasteiger charge is 2.42. The van der Waals surface area contributed by atoms with Crippen molar-refractivity contribution in [2.45, 2.75) is 25.4 Å². The van der Waals surface area contributed by atoms with Gasteiger partial charge in [-0.05, 0) is 12.5 Å². The highest BCUT2D eigenvalue weighted by Crippen LogP contribution is 2.38. The predicted octanol–water partition coefficient (Wildman–Crippen LogP) is 2.85. The second-order valence-electron chi connectivity index (χ2n) is 4.87. The second kappa shape index (κ2) is 4.91. The van der Waals surface area contributed by atoms with Gasteiger partial charge in [-0.15, -0.1) is 0 Å². The highest BCUT2D eigenvalue weighted by molar-refractivity contribution is 5.85. The summed E-state index contributed by atoms with van der Waals surface area (Å²) in [5.41, 5.74) is -0.277. The lowest BCUT2D eigenvalue weighted by atomic mass is 9.71. The van der Waals surface area contributed by atoms with E-state index in [1.54, 1.807) is 12.2 Å². The maximum absolute atomic E-state index is 12.0. The van der Waals surface area contributed by atoms with Gasteiger partial charge in [-0.2, -0.15) is 0 Å². The molecule has 0 spiro atoms. The van der Waals surface area contributed by atoms with Crippen LogP contribution in [0.25, 0.3) is 0 Å². The van der Waals surface area contributed by atoms with E-state index >= 15 is 0 Å². The molecule has 1 aliphatic rings. The van der Waals surface area contributed by atoms with Crippen LogP contribution in [0.1, 0.15) is 25.3 Å². The standard InChI is InChI=1S/C16H18O2/c1-12-8-6-7-11-16(12,18)15(13(2)17)14-9-4-3-5-10-14/h3-12,15,18H,1-2H3. The molecule has 0 bridgehead atoms. The largest absolute Gasteiger partial charge is 0.384 e. The molecule has 18 heavy (non-hydrogen) atoms. The van der Waals surface area contributed by atoms with Gasteiger partial charge in [0, 0.05) is 5.92 Å². The first-order chi connectivity index (χ1) is 8.55. The van der Waals surface area contributed by atoms with Gasteiger partial charge in [0.15, 0.2) is 0 Å². The quantitative estimate of drug-likeness (QED) is 0.885. The van der Waals surface area contributed by atoms with Gasteiger partial charge < -0.3 is 5.11 Å². The number of carbonyl (C=O) groups is 1. The van der Waals surface area contributed by atoms with Crippen molar-refractivity contribution in [2.75, 3.05) is 0 Å². The summed E-state index contributed by atoms with van der Waals surface area (Å²) >= 11 is 0. The monoisotopic (exact) mass is 242 g/mol. The number of Topliss-reactive ketones (excluding diaryl/α,β-unsaturated/α-hetero) is 1. The third-order valence-corrected chi connectivity index (χ3v) is 3.61. The molecule has 1 aliphatic carbocycles. The van der Waals surface area contributed by atoms with E-state index in [9.17, 15) is 9.90 Å². The molecular weight excluding hydrogens is 224 g/mol. The van der Waals surface area contributed by atoms with Gasteiger partial charge in [-0.3, -0.25) is 4.79 Å². The van der Waals surface area contributed by atoms with Gasteiger partial charge in [0.1, 0.15) is 11.4 Å². The van der Waals surface area contributed by atoms with Crippen LogP contribution in [0.3, 0.4) is 0 Å². The first-order valence-corrected chi connectivity index (χ1v) is 6.19. The SMILES string of the molecule is CC(=O)C(c1ccccc1)C1(O)C=CC=CC1C. The van der Waals surface area contributed by atoms with Crippen molar-refractivity contribution in [3.8, 4) is 0 Å². The molecule has 94 valence electrons. The van der Waals surface area contributed by atoms with E-state index in [1.807, 2.05) is 49.4 Å². The Kier molecular flexibility index (Phi) is 3.48. The second-order valence-corrected chi connectivity index (χ2v) is 4.87. The fourth-order valence-electron chi connectivity index (χ4n) is 2.58. The van der Waals surface area contributed by atoms with Crippen molar-refractivity contribution in [1.82, 2.24) is 0 Å². The van der Waals surface area contributed by atoms with Crippen molar-refractivity contribution in [1.29, 1.82) is 0 Å². The number of carbonyl (C=O) groups excluding carboxylic acids is 1. The number of ketones is 1. The third-order valence-electron chi connectivity index (χ3n) is 3.61. The summed E-state index contributed by atoms with van der Waals surface area (Å²) in [4.78, 5) is 12.0. The molecule has 0 aromatic heterocycles. The zero-order chi connectivity index (χ0) is 13.2. The van der Waals surface area contributed by atoms with Crippen molar-refractivity contribution < 1.29 is 9.90 Å². The van der Waals surface area contributed by atoms with Crippen LogP contribution in [0.15, 0.2) is 54.6 Å². The average Bonchev–Trinajstić information content (AvgIpc) is 2.34. The Bertz CT molecular complexity index is 487. The van der Waals surface area contributed by atoms with Crippen LogP contribution >= 0.6 is 0 Å². The minimum atomic E-state index is -1.14. The molecule has 2 nitrogen and oxygen atoms in total. The van der Waals surface area contributed by atoms with E-state index in [0.717, 1.165) is 5.56 Å². The summed E-state index contributed by atoms with van der Waals surface area (Å²) in [5, 5.41) is 10.9. The van der Waals surface area contributed by atoms with Gasteiger partial charge >= 0.3 is 0 Å². The summed E-state index contributed by atoms with van der Waals surface area (Å²) in [6, 6.07) is 9.47. The molecule has 0 radical (unpaired) electrons. The van der Waals surface area contributed by atoms with Crippen LogP contribution < -0.4 is 0 Å². The van der Waals surface area contributed by atoms with Crippen LogP contribution in [0, 0.1) is 5.92 Å². The lowest BCUT2D eigenvalue weighted by Gasteiger charge is -2.37. The van der Waals surface area contributed by atoms with E-state index in [2.05, 4.69) is 0 Å². The summed E-state index contributed by atoms with van der Waals surface area (Å²) in [6.45, 7) is 3.47. The van der Waals surface area contributed by atoms with E-state index in [-0.39, 0.29) is 11.7 Å². The van der Waals surface area contributed by atoms with Gasteiger partial charge in [0.2, 0.25) is 0 Å². The fourth-order valence-corrected chi connectivity index (χ4v) is 2.58. The average molecular weight is 242 g/mol. The first kappa shape index (κ1) is 12.8. The Hall–Kier alpha value is -1.67. The molecule has 3 unspecified atom stereocenters. The number of benzene rings is 1. The molecule has 0 aliphatic heterocycles. The van der Waals surface area contributed by atoms with Crippen LogP contribution in [0.2, 0.25) is 0 Å². The van der Waals surface area contributed by atoms with Crippen LogP contribution in [0.5, 0.6) is 0 Å². The van der Waals surface area contributed by atoms with Crippen LogP contribution in [-0.4, -0.2) is 16.5 Å². The van der Waals surface area contributed by atoms with E-state index in [0.29, 0.717) is 0 Å². The van der Waals surface area contributed by atoms with Crippen molar-refractivity contribution in [3.63, 3.8) is 0 Å². The predicted molar refractivity (Wildman–Crippen MR) is 72.3 cm³/mol. The van der Waals surface area contributed by atoms with E-state index in [1.165, 1.54) is 6.92 Å². The molecule has 0 amide bonds. The topological polar surface area (TPSA) is 37.3 Å². The van der Waals surface area contributed by atoms with Crippen molar-refractivity contribution in [2.24, 2.45) is 5.92 Å². The molecule has 0 saturated carbocycles. The number of hydrogen-bond donors (Lipinski definition) is 1. The van der Waals surface area contributed by atoms with E-state index < -0.39 is 11.5 Å². The normalized spacial score (nSPS) is 28.1. The summed E-state index contributed by atoms with van der Waals surface area (Å²) < 4.78 is 0. The third kappa shape index (κ3) is 2.16. The van der Waals surface area contributed by atoms with Gasteiger partial charge in [-0.1, -0.05) is 61.6 Å². The molecule has 1 aromatic carbocycles. The molecule has 0 heterocycles. The minimum absolute atomic E-state index is 0.0181. The van der Waals surface area contributed by atoms with Gasteiger partial charge in [0.05, 0.1) is 5.92 Å². The molecular formula is C16H18O2. The van der Waals surface area contributed by atoms with Crippen molar-refractivity contribution in [3.05, 3.63) is 60.2 Å². The Labute approximate surface area is 108 Å². The molecule has 1 N–H and O–H groups in total. The number of allylic oxidation sites excluding steroid dienone is 2. The fraction of sp³-hybridized carbons (Fsp3) is 0.312. The molecule has 2 rings (SSSR count). The van der Waals surface area contributed by atoms with E-state index in [4.69, 9.17) is 0 Å². The Morgan fingerprint density at radius 2 is 1.94 bits per heavy atom. The van der Waals surface area contributed by atoms with Gasteiger partial charge in [0.25, 0.3) is 0 Å². The van der Waals surface area contributed by atoms with Gasteiger partial charge in [-0.25, -0.2) is 0 Å². The molecule has 2 heteroatoms. The molecule has 0 fully saturated rings. The zero-order valence-electron chi connectivity index (χ0n) is 10.7. The maximum atomic E-state index is 12.0. The Morgan fingerprint density at radius 1 is 1.28 bits per heavy atom. The lowest BCUT2D eigenvalue weighted by molar-refractivity contribution is -0.124. The zero-order valence-corrected chi connectivity index (χ0v) is 10.7. The number of hydrogen-bond acceptors (Lipinski definition) is 2. The Balaban J connectivity index is 2.46. The lowest BCUT2D eigenvalue weighted by Crippen LogP contribution is -2.44.